The highest BCUT2D eigenvalue weighted by Gasteiger charge is 2.06. The second-order valence-electron chi connectivity index (χ2n) is 2.64. The first-order valence-corrected chi connectivity index (χ1v) is 3.66. The van der Waals surface area contributed by atoms with Crippen LogP contribution in [0.5, 0.6) is 0 Å². The molecule has 0 aliphatic heterocycles. The zero-order chi connectivity index (χ0) is 9.42. The highest BCUT2D eigenvalue weighted by molar-refractivity contribution is 5.78. The number of nitrogens with zero attached hydrogens (tertiary/aromatic N) is 1. The molecule has 1 heterocycles. The van der Waals surface area contributed by atoms with Crippen molar-refractivity contribution in [2.24, 2.45) is 0 Å². The minimum atomic E-state index is -1.25. The summed E-state index contributed by atoms with van der Waals surface area (Å²) in [7, 11) is 0. The normalized spacial score (nSPS) is 10.6. The number of aromatic nitrogens is 1. The maximum Gasteiger partial charge on any atom is 0.315 e. The molecule has 1 aromatic carbocycles. The van der Waals surface area contributed by atoms with Gasteiger partial charge in [-0.15, -0.1) is 4.79 Å². The molecule has 0 aliphatic rings. The first kappa shape index (κ1) is 7.91. The second kappa shape index (κ2) is 2.65. The average Bonchev–Trinajstić information content (AvgIpc) is 2.15. The van der Waals surface area contributed by atoms with Crippen LogP contribution in [-0.2, 0) is 0 Å². The number of benzene rings is 1. The van der Waals surface area contributed by atoms with Crippen LogP contribution >= 0.6 is 0 Å². The Morgan fingerprint density at radius 3 is 2.69 bits per heavy atom. The Morgan fingerprint density at radius 2 is 1.92 bits per heavy atom. The van der Waals surface area contributed by atoms with E-state index in [-0.39, 0.29) is 10.3 Å². The summed E-state index contributed by atoms with van der Waals surface area (Å²) in [5.41, 5.74) is -1.17. The summed E-state index contributed by atoms with van der Waals surface area (Å²) < 4.78 is 25.8. The van der Waals surface area contributed by atoms with Gasteiger partial charge < -0.3 is 0 Å². The van der Waals surface area contributed by atoms with E-state index in [9.17, 15) is 13.7 Å². The summed E-state index contributed by atoms with van der Waals surface area (Å²) in [5.74, 6) is -1.08. The molecule has 0 saturated carbocycles. The van der Waals surface area contributed by atoms with E-state index in [0.29, 0.717) is 5.39 Å². The molecule has 0 aliphatic carbocycles. The number of hydrogen-bond donors (Lipinski definition) is 0. The predicted molar refractivity (Wildman–Crippen MR) is 44.7 cm³/mol. The fourth-order valence-corrected chi connectivity index (χ4v) is 1.19. The predicted octanol–water partition coefficient (Wildman–Crippen LogP) is 1.87. The van der Waals surface area contributed by atoms with Gasteiger partial charge in [-0.3, -0.25) is 4.79 Å². The topological polar surface area (TPSA) is 22.0 Å². The third kappa shape index (κ3) is 1.11. The fourth-order valence-electron chi connectivity index (χ4n) is 1.19. The maximum atomic E-state index is 13.0. The Hall–Kier alpha value is -1.71. The van der Waals surface area contributed by atoms with E-state index in [0.717, 1.165) is 6.07 Å². The van der Waals surface area contributed by atoms with Crippen molar-refractivity contribution in [2.75, 3.05) is 0 Å². The molecule has 1 aromatic heterocycles. The molecule has 0 bridgehead atoms. The van der Waals surface area contributed by atoms with Crippen LogP contribution in [0, 0.1) is 5.82 Å². The molecular formula is C9H5F2NO. The monoisotopic (exact) mass is 181 g/mol. The number of hydrogen-bond acceptors (Lipinski definition) is 1. The van der Waals surface area contributed by atoms with Gasteiger partial charge in [0.2, 0.25) is 0 Å². The molecule has 2 aromatic rings. The molecule has 0 unspecified atom stereocenters. The Bertz CT molecular complexity index is 518. The lowest BCUT2D eigenvalue weighted by molar-refractivity contribution is 0.358. The first-order chi connectivity index (χ1) is 6.20. The number of pyridine rings is 1. The summed E-state index contributed by atoms with van der Waals surface area (Å²) in [4.78, 5) is 10.6. The van der Waals surface area contributed by atoms with Crippen molar-refractivity contribution in [1.29, 1.82) is 0 Å². The van der Waals surface area contributed by atoms with Gasteiger partial charge in [0.15, 0.2) is 5.82 Å². The molecule has 4 heteroatoms. The van der Waals surface area contributed by atoms with Gasteiger partial charge in [0, 0.05) is 5.39 Å². The van der Waals surface area contributed by atoms with Gasteiger partial charge in [-0.05, 0) is 12.1 Å². The van der Waals surface area contributed by atoms with Crippen LogP contribution in [0.3, 0.4) is 0 Å². The molecule has 2 rings (SSSR count). The van der Waals surface area contributed by atoms with Crippen LogP contribution in [0.15, 0.2) is 35.1 Å². The lowest BCUT2D eigenvalue weighted by Gasteiger charge is -1.99. The first-order valence-electron chi connectivity index (χ1n) is 3.66. The third-order valence-electron chi connectivity index (χ3n) is 1.81. The van der Waals surface area contributed by atoms with Crippen molar-refractivity contribution in [3.05, 3.63) is 46.5 Å². The maximum absolute atomic E-state index is 13.0. The SMILES string of the molecule is O=c1c(F)cc2ccccc2n1F. The molecule has 0 atom stereocenters. The Labute approximate surface area is 72.0 Å². The van der Waals surface area contributed by atoms with Gasteiger partial charge in [0.25, 0.3) is 0 Å². The summed E-state index contributed by atoms with van der Waals surface area (Å²) in [6, 6.07) is 7.19. The Kier molecular flexibility index (Phi) is 1.62. The molecule has 0 amide bonds. The average molecular weight is 181 g/mol. The fraction of sp³-hybridized carbons (Fsp3) is 0. The smallest absolute Gasteiger partial charge is 0.263 e. The third-order valence-corrected chi connectivity index (χ3v) is 1.81. The molecule has 0 N–H and O–H groups in total. The van der Waals surface area contributed by atoms with Crippen LogP contribution < -0.4 is 5.56 Å². The van der Waals surface area contributed by atoms with Gasteiger partial charge in [-0.1, -0.05) is 22.7 Å². The molecular weight excluding hydrogens is 176 g/mol. The van der Waals surface area contributed by atoms with Crippen LogP contribution in [0.2, 0.25) is 0 Å². The zero-order valence-corrected chi connectivity index (χ0v) is 6.50. The molecule has 0 radical (unpaired) electrons. The van der Waals surface area contributed by atoms with Crippen LogP contribution in [0.25, 0.3) is 10.9 Å². The summed E-state index contributed by atoms with van der Waals surface area (Å²) >= 11 is 0. The molecule has 0 saturated heterocycles. The van der Waals surface area contributed by atoms with Crippen molar-refractivity contribution < 1.29 is 8.87 Å². The number of para-hydroxylation sites is 1. The van der Waals surface area contributed by atoms with E-state index < -0.39 is 11.4 Å². The van der Waals surface area contributed by atoms with Crippen molar-refractivity contribution in [2.45, 2.75) is 0 Å². The largest absolute Gasteiger partial charge is 0.315 e. The van der Waals surface area contributed by atoms with Gasteiger partial charge in [0.1, 0.15) is 0 Å². The van der Waals surface area contributed by atoms with E-state index in [2.05, 4.69) is 0 Å². The van der Waals surface area contributed by atoms with Crippen molar-refractivity contribution in [1.82, 2.24) is 4.79 Å². The minimum absolute atomic E-state index is 0.0777. The number of rotatable bonds is 0. The number of halogens is 2. The summed E-state index contributed by atoms with van der Waals surface area (Å²) in [5, 5.41) is 0.363. The van der Waals surface area contributed by atoms with Crippen LogP contribution in [0.1, 0.15) is 0 Å². The van der Waals surface area contributed by atoms with Crippen molar-refractivity contribution >= 4 is 10.9 Å². The summed E-state index contributed by atoms with van der Waals surface area (Å²) in [6.07, 6.45) is 0. The van der Waals surface area contributed by atoms with Gasteiger partial charge >= 0.3 is 5.56 Å². The van der Waals surface area contributed by atoms with Crippen LogP contribution in [-0.4, -0.2) is 4.79 Å². The molecule has 2 nitrogen and oxygen atoms in total. The Morgan fingerprint density at radius 1 is 1.23 bits per heavy atom. The molecule has 0 spiro atoms. The van der Waals surface area contributed by atoms with E-state index in [1.807, 2.05) is 0 Å². The number of fused-ring (bicyclic) bond motifs is 1. The van der Waals surface area contributed by atoms with Gasteiger partial charge in [-0.25, -0.2) is 4.39 Å². The summed E-state index contributed by atoms with van der Waals surface area (Å²) in [6.45, 7) is 0. The van der Waals surface area contributed by atoms with Gasteiger partial charge in [-0.2, -0.15) is 0 Å². The van der Waals surface area contributed by atoms with Gasteiger partial charge in [0.05, 0.1) is 5.52 Å². The minimum Gasteiger partial charge on any atom is -0.263 e. The quantitative estimate of drug-likeness (QED) is 0.608. The Balaban J connectivity index is 3.02. The van der Waals surface area contributed by atoms with Crippen LogP contribution in [0.4, 0.5) is 8.87 Å². The highest BCUT2D eigenvalue weighted by atomic mass is 19.2. The van der Waals surface area contributed by atoms with E-state index >= 15 is 0 Å². The molecule has 0 fully saturated rings. The molecule has 66 valence electrons. The lowest BCUT2D eigenvalue weighted by Crippen LogP contribution is -2.17. The van der Waals surface area contributed by atoms with E-state index in [4.69, 9.17) is 0 Å². The zero-order valence-electron chi connectivity index (χ0n) is 6.50. The van der Waals surface area contributed by atoms with E-state index in [1.54, 1.807) is 12.1 Å². The standard InChI is InChI=1S/C9H5F2NO/c10-7-5-6-3-1-2-4-8(6)12(11)9(7)13/h1-5H. The second-order valence-corrected chi connectivity index (χ2v) is 2.64. The lowest BCUT2D eigenvalue weighted by atomic mass is 10.2. The van der Waals surface area contributed by atoms with Crippen molar-refractivity contribution in [3.63, 3.8) is 0 Å². The van der Waals surface area contributed by atoms with E-state index in [1.165, 1.54) is 12.1 Å². The van der Waals surface area contributed by atoms with Crippen molar-refractivity contribution in [3.8, 4) is 0 Å². The molecule has 13 heavy (non-hydrogen) atoms. The highest BCUT2D eigenvalue weighted by Crippen LogP contribution is 2.12.